The van der Waals surface area contributed by atoms with Gasteiger partial charge in [-0.3, -0.25) is 4.79 Å². The summed E-state index contributed by atoms with van der Waals surface area (Å²) >= 11 is 3.39. The largest absolute Gasteiger partial charge is 0.351 e. The van der Waals surface area contributed by atoms with Crippen molar-refractivity contribution in [1.82, 2.24) is 25.5 Å². The van der Waals surface area contributed by atoms with E-state index in [9.17, 15) is 4.79 Å². The highest BCUT2D eigenvalue weighted by Crippen LogP contribution is 2.20. The smallest absolute Gasteiger partial charge is 0.246 e. The fourth-order valence-corrected chi connectivity index (χ4v) is 2.86. The van der Waals surface area contributed by atoms with Crippen molar-refractivity contribution in [2.75, 3.05) is 0 Å². The third-order valence-corrected chi connectivity index (χ3v) is 4.49. The highest BCUT2D eigenvalue weighted by molar-refractivity contribution is 9.10. The van der Waals surface area contributed by atoms with Crippen molar-refractivity contribution in [1.29, 1.82) is 0 Å². The van der Waals surface area contributed by atoms with Gasteiger partial charge < -0.3 is 5.32 Å². The zero-order chi connectivity index (χ0) is 15.5. The van der Waals surface area contributed by atoms with Gasteiger partial charge in [-0.05, 0) is 49.2 Å². The fourth-order valence-electron chi connectivity index (χ4n) is 2.60. The third-order valence-electron chi connectivity index (χ3n) is 3.96. The Morgan fingerprint density at radius 2 is 2.00 bits per heavy atom. The number of carbonyl (C=O) groups is 1. The van der Waals surface area contributed by atoms with Crippen LogP contribution in [0.1, 0.15) is 38.6 Å². The van der Waals surface area contributed by atoms with Gasteiger partial charge in [-0.1, -0.05) is 28.8 Å². The topological polar surface area (TPSA) is 72.7 Å². The molecule has 1 saturated carbocycles. The molecule has 0 aliphatic heterocycles. The van der Waals surface area contributed by atoms with Gasteiger partial charge in [0.1, 0.15) is 6.04 Å². The summed E-state index contributed by atoms with van der Waals surface area (Å²) in [5.74, 6) is 0.472. The molecule has 1 aliphatic rings. The minimum atomic E-state index is -0.461. The summed E-state index contributed by atoms with van der Waals surface area (Å²) in [4.78, 5) is 13.6. The average Bonchev–Trinajstić information content (AvgIpc) is 3.18. The number of carbonyl (C=O) groups excluding carboxylic acids is 1. The van der Waals surface area contributed by atoms with Crippen LogP contribution in [0.15, 0.2) is 28.7 Å². The Balaban J connectivity index is 1.69. The van der Waals surface area contributed by atoms with Crippen LogP contribution in [-0.4, -0.2) is 32.2 Å². The molecule has 3 rings (SSSR count). The Morgan fingerprint density at radius 1 is 1.32 bits per heavy atom. The first-order chi connectivity index (χ1) is 10.6. The molecular weight excluding hydrogens is 346 g/mol. The zero-order valence-electron chi connectivity index (χ0n) is 12.4. The van der Waals surface area contributed by atoms with Crippen molar-refractivity contribution in [2.24, 2.45) is 0 Å². The minimum absolute atomic E-state index is 0.0494. The number of rotatable bonds is 4. The molecule has 2 aromatic rings. The number of nitrogens with zero attached hydrogens (tertiary/aromatic N) is 4. The van der Waals surface area contributed by atoms with E-state index >= 15 is 0 Å². The first kappa shape index (κ1) is 15.1. The Kier molecular flexibility index (Phi) is 4.52. The van der Waals surface area contributed by atoms with Crippen LogP contribution in [0.5, 0.6) is 0 Å². The maximum absolute atomic E-state index is 12.2. The molecule has 116 valence electrons. The van der Waals surface area contributed by atoms with E-state index in [0.29, 0.717) is 11.9 Å². The van der Waals surface area contributed by atoms with Crippen LogP contribution in [0.25, 0.3) is 11.4 Å². The molecule has 1 aliphatic carbocycles. The first-order valence-corrected chi connectivity index (χ1v) is 8.28. The van der Waals surface area contributed by atoms with Crippen LogP contribution in [0.3, 0.4) is 0 Å². The van der Waals surface area contributed by atoms with Crippen molar-refractivity contribution in [3.05, 3.63) is 28.7 Å². The number of amides is 1. The van der Waals surface area contributed by atoms with Gasteiger partial charge in [-0.25, -0.2) is 0 Å². The number of tetrazole rings is 1. The quantitative estimate of drug-likeness (QED) is 0.906. The van der Waals surface area contributed by atoms with Gasteiger partial charge in [0.2, 0.25) is 11.7 Å². The average molecular weight is 364 g/mol. The predicted octanol–water partition coefficient (Wildman–Crippen LogP) is 2.72. The molecule has 1 amide bonds. The monoisotopic (exact) mass is 363 g/mol. The lowest BCUT2D eigenvalue weighted by Gasteiger charge is -2.15. The molecule has 6 nitrogen and oxygen atoms in total. The van der Waals surface area contributed by atoms with Crippen LogP contribution in [0, 0.1) is 0 Å². The molecule has 1 heterocycles. The van der Waals surface area contributed by atoms with E-state index < -0.39 is 6.04 Å². The van der Waals surface area contributed by atoms with Crippen LogP contribution in [0.4, 0.5) is 0 Å². The SMILES string of the molecule is CC(C(=O)NC1CCCC1)n1nnc(-c2ccc(Br)cc2)n1. The summed E-state index contributed by atoms with van der Waals surface area (Å²) in [5.41, 5.74) is 0.873. The summed E-state index contributed by atoms with van der Waals surface area (Å²) in [6, 6.07) is 7.50. The number of halogens is 1. The van der Waals surface area contributed by atoms with Crippen molar-refractivity contribution >= 4 is 21.8 Å². The second-order valence-corrected chi connectivity index (χ2v) is 6.52. The van der Waals surface area contributed by atoms with E-state index in [1.165, 1.54) is 17.6 Å². The summed E-state index contributed by atoms with van der Waals surface area (Å²) < 4.78 is 0.993. The molecule has 1 unspecified atom stereocenters. The van der Waals surface area contributed by atoms with E-state index in [4.69, 9.17) is 0 Å². The van der Waals surface area contributed by atoms with Crippen molar-refractivity contribution < 1.29 is 4.79 Å². The highest BCUT2D eigenvalue weighted by atomic mass is 79.9. The minimum Gasteiger partial charge on any atom is -0.351 e. The first-order valence-electron chi connectivity index (χ1n) is 7.49. The second kappa shape index (κ2) is 6.56. The van der Waals surface area contributed by atoms with E-state index in [2.05, 4.69) is 36.7 Å². The number of aromatic nitrogens is 4. The van der Waals surface area contributed by atoms with E-state index in [1.54, 1.807) is 6.92 Å². The Morgan fingerprint density at radius 3 is 2.68 bits per heavy atom. The second-order valence-electron chi connectivity index (χ2n) is 5.61. The van der Waals surface area contributed by atoms with Crippen molar-refractivity contribution in [2.45, 2.75) is 44.7 Å². The van der Waals surface area contributed by atoms with Gasteiger partial charge in [0, 0.05) is 16.1 Å². The summed E-state index contributed by atoms with van der Waals surface area (Å²) in [7, 11) is 0. The summed E-state index contributed by atoms with van der Waals surface area (Å²) in [6.07, 6.45) is 4.50. The number of hydrogen-bond donors (Lipinski definition) is 1. The summed E-state index contributed by atoms with van der Waals surface area (Å²) in [5, 5.41) is 15.4. The Hall–Kier alpha value is -1.76. The molecule has 0 radical (unpaired) electrons. The van der Waals surface area contributed by atoms with Crippen LogP contribution in [-0.2, 0) is 4.79 Å². The number of benzene rings is 1. The Labute approximate surface area is 137 Å². The lowest BCUT2D eigenvalue weighted by molar-refractivity contribution is -0.125. The summed E-state index contributed by atoms with van der Waals surface area (Å²) in [6.45, 7) is 1.79. The maximum Gasteiger partial charge on any atom is 0.246 e. The molecule has 1 N–H and O–H groups in total. The lowest BCUT2D eigenvalue weighted by atomic mass is 10.2. The van der Waals surface area contributed by atoms with Crippen LogP contribution < -0.4 is 5.32 Å². The van der Waals surface area contributed by atoms with Crippen molar-refractivity contribution in [3.8, 4) is 11.4 Å². The molecule has 0 saturated heterocycles. The molecule has 0 bridgehead atoms. The molecule has 1 aromatic carbocycles. The molecule has 7 heteroatoms. The molecular formula is C15H18BrN5O. The van der Waals surface area contributed by atoms with E-state index in [-0.39, 0.29) is 5.91 Å². The van der Waals surface area contributed by atoms with Gasteiger partial charge in [0.25, 0.3) is 0 Å². The molecule has 1 fully saturated rings. The predicted molar refractivity (Wildman–Crippen MR) is 86.1 cm³/mol. The molecule has 22 heavy (non-hydrogen) atoms. The third kappa shape index (κ3) is 3.35. The molecule has 0 spiro atoms. The lowest BCUT2D eigenvalue weighted by Crippen LogP contribution is -2.38. The van der Waals surface area contributed by atoms with E-state index in [0.717, 1.165) is 22.9 Å². The van der Waals surface area contributed by atoms with Gasteiger partial charge in [-0.2, -0.15) is 4.80 Å². The van der Waals surface area contributed by atoms with Crippen molar-refractivity contribution in [3.63, 3.8) is 0 Å². The highest BCUT2D eigenvalue weighted by Gasteiger charge is 2.23. The standard InChI is InChI=1S/C15H18BrN5O/c1-10(15(22)17-13-4-2-3-5-13)21-19-14(18-20-21)11-6-8-12(16)9-7-11/h6-10,13H,2-5H2,1H3,(H,17,22). The van der Waals surface area contributed by atoms with Gasteiger partial charge in [0.05, 0.1) is 0 Å². The van der Waals surface area contributed by atoms with Gasteiger partial charge in [-0.15, -0.1) is 10.2 Å². The fraction of sp³-hybridized carbons (Fsp3) is 0.467. The van der Waals surface area contributed by atoms with E-state index in [1.807, 2.05) is 24.3 Å². The number of nitrogens with one attached hydrogen (secondary N) is 1. The molecule has 1 atom stereocenters. The molecule has 1 aromatic heterocycles. The van der Waals surface area contributed by atoms with Crippen LogP contribution >= 0.6 is 15.9 Å². The van der Waals surface area contributed by atoms with Crippen LogP contribution in [0.2, 0.25) is 0 Å². The van der Waals surface area contributed by atoms with Gasteiger partial charge in [0.15, 0.2) is 0 Å². The number of hydrogen-bond acceptors (Lipinski definition) is 4. The Bertz CT molecular complexity index is 648. The normalized spacial score (nSPS) is 16.6. The maximum atomic E-state index is 12.2. The van der Waals surface area contributed by atoms with Gasteiger partial charge >= 0.3 is 0 Å². The zero-order valence-corrected chi connectivity index (χ0v) is 14.0.